The van der Waals surface area contributed by atoms with Crippen molar-refractivity contribution in [2.45, 2.75) is 0 Å². The Bertz CT molecular complexity index is 232. The summed E-state index contributed by atoms with van der Waals surface area (Å²) in [5.74, 6) is -0.794. The number of hydrogen-bond donors (Lipinski definition) is 1. The quantitative estimate of drug-likeness (QED) is 0.557. The molecular formula is C4H3FN2O2. The monoisotopic (exact) mass is 130 g/mol. The predicted molar refractivity (Wildman–Crippen MR) is 25.6 cm³/mol. The van der Waals surface area contributed by atoms with Gasteiger partial charge in [0.25, 0.3) is 0 Å². The van der Waals surface area contributed by atoms with Crippen molar-refractivity contribution in [1.82, 2.24) is 9.78 Å². The van der Waals surface area contributed by atoms with Gasteiger partial charge in [-0.2, -0.15) is 9.07 Å². The van der Waals surface area contributed by atoms with Gasteiger partial charge in [0, 0.05) is 12.3 Å². The van der Waals surface area contributed by atoms with Crippen molar-refractivity contribution in [1.29, 1.82) is 0 Å². The second-order valence-corrected chi connectivity index (χ2v) is 1.37. The van der Waals surface area contributed by atoms with Crippen molar-refractivity contribution in [3.63, 3.8) is 0 Å². The molecule has 0 amide bonds. The maximum absolute atomic E-state index is 11.9. The van der Waals surface area contributed by atoms with Crippen LogP contribution in [0.3, 0.4) is 0 Å². The van der Waals surface area contributed by atoms with E-state index in [9.17, 15) is 9.18 Å². The van der Waals surface area contributed by atoms with Crippen LogP contribution in [0, 0.1) is 5.95 Å². The molecule has 0 aromatic carbocycles. The van der Waals surface area contributed by atoms with Crippen LogP contribution in [0.4, 0.5) is 9.18 Å². The molecule has 0 fully saturated rings. The molecule has 1 aromatic rings. The molecule has 5 heteroatoms. The average Bonchev–Trinajstić information content (AvgIpc) is 2.14. The summed E-state index contributed by atoms with van der Waals surface area (Å²) in [7, 11) is 0. The van der Waals surface area contributed by atoms with Crippen LogP contribution >= 0.6 is 0 Å². The molecule has 0 aliphatic rings. The predicted octanol–water partition coefficient (Wildman–Crippen LogP) is 0.548. The molecule has 1 N–H and O–H groups in total. The van der Waals surface area contributed by atoms with E-state index in [-0.39, 0.29) is 0 Å². The lowest BCUT2D eigenvalue weighted by atomic mass is 10.7. The van der Waals surface area contributed by atoms with Gasteiger partial charge in [0.2, 0.25) is 5.95 Å². The minimum absolute atomic E-state index is 0.495. The molecule has 0 bridgehead atoms. The second kappa shape index (κ2) is 1.85. The summed E-state index contributed by atoms with van der Waals surface area (Å²) in [6, 6.07) is 0.966. The first-order chi connectivity index (χ1) is 4.20. The number of carboxylic acid groups (broad SMARTS) is 1. The lowest BCUT2D eigenvalue weighted by molar-refractivity contribution is 0.192. The van der Waals surface area contributed by atoms with Crippen LogP contribution in [0.2, 0.25) is 0 Å². The number of hydrogen-bond acceptors (Lipinski definition) is 2. The number of nitrogens with zero attached hydrogens (tertiary/aromatic N) is 2. The third kappa shape index (κ3) is 1.04. The summed E-state index contributed by atoms with van der Waals surface area (Å²) in [5, 5.41) is 11.1. The van der Waals surface area contributed by atoms with Gasteiger partial charge >= 0.3 is 6.09 Å². The second-order valence-electron chi connectivity index (χ2n) is 1.37. The SMILES string of the molecule is O=C(O)n1ccc(F)n1. The fourth-order valence-corrected chi connectivity index (χ4v) is 0.408. The molecular weight excluding hydrogens is 127 g/mol. The van der Waals surface area contributed by atoms with E-state index >= 15 is 0 Å². The highest BCUT2D eigenvalue weighted by Crippen LogP contribution is 1.90. The molecule has 1 aromatic heterocycles. The van der Waals surface area contributed by atoms with E-state index in [0.29, 0.717) is 4.68 Å². The standard InChI is InChI=1S/C4H3FN2O2/c5-3-1-2-7(6-3)4(8)9/h1-2H,(H,8,9). The van der Waals surface area contributed by atoms with Gasteiger partial charge in [-0.15, -0.1) is 5.10 Å². The summed E-state index contributed by atoms with van der Waals surface area (Å²) < 4.78 is 12.4. The van der Waals surface area contributed by atoms with E-state index in [1.165, 1.54) is 0 Å². The molecule has 0 aliphatic heterocycles. The number of carbonyl (C=O) groups is 1. The Balaban J connectivity index is 2.98. The summed E-state index contributed by atoms with van der Waals surface area (Å²) >= 11 is 0. The molecule has 0 saturated carbocycles. The molecule has 0 aliphatic carbocycles. The maximum Gasteiger partial charge on any atom is 0.432 e. The van der Waals surface area contributed by atoms with Crippen LogP contribution in [0.1, 0.15) is 0 Å². The van der Waals surface area contributed by atoms with Crippen LogP contribution < -0.4 is 0 Å². The van der Waals surface area contributed by atoms with Crippen molar-refractivity contribution in [2.75, 3.05) is 0 Å². The van der Waals surface area contributed by atoms with Gasteiger partial charge in [0.15, 0.2) is 0 Å². The number of rotatable bonds is 0. The minimum atomic E-state index is -1.29. The number of halogens is 1. The van der Waals surface area contributed by atoms with Crippen molar-refractivity contribution < 1.29 is 14.3 Å². The van der Waals surface area contributed by atoms with Crippen LogP contribution in [0.25, 0.3) is 0 Å². The Morgan fingerprint density at radius 1 is 1.89 bits per heavy atom. The highest BCUT2D eigenvalue weighted by atomic mass is 19.1. The summed E-state index contributed by atoms with van der Waals surface area (Å²) in [5.41, 5.74) is 0. The highest BCUT2D eigenvalue weighted by molar-refractivity contribution is 5.66. The Morgan fingerprint density at radius 2 is 2.56 bits per heavy atom. The molecule has 0 atom stereocenters. The highest BCUT2D eigenvalue weighted by Gasteiger charge is 2.01. The molecule has 9 heavy (non-hydrogen) atoms. The molecule has 0 saturated heterocycles. The first kappa shape index (κ1) is 5.74. The van der Waals surface area contributed by atoms with E-state index in [1.807, 2.05) is 0 Å². The topological polar surface area (TPSA) is 55.1 Å². The van der Waals surface area contributed by atoms with Gasteiger partial charge in [-0.25, -0.2) is 4.79 Å². The molecule has 0 radical (unpaired) electrons. The smallest absolute Gasteiger partial charge is 0.432 e. The largest absolute Gasteiger partial charge is 0.463 e. The molecule has 48 valence electrons. The first-order valence-corrected chi connectivity index (χ1v) is 2.14. The van der Waals surface area contributed by atoms with Crippen LogP contribution in [0.5, 0.6) is 0 Å². The molecule has 4 nitrogen and oxygen atoms in total. The van der Waals surface area contributed by atoms with Crippen molar-refractivity contribution in [3.8, 4) is 0 Å². The van der Waals surface area contributed by atoms with Gasteiger partial charge in [-0.1, -0.05) is 0 Å². The molecule has 1 heterocycles. The lowest BCUT2D eigenvalue weighted by Gasteiger charge is -1.85. The maximum atomic E-state index is 11.9. The molecule has 0 spiro atoms. The molecule has 0 unspecified atom stereocenters. The first-order valence-electron chi connectivity index (χ1n) is 2.14. The van der Waals surface area contributed by atoms with Gasteiger partial charge < -0.3 is 5.11 Å². The lowest BCUT2D eigenvalue weighted by Crippen LogP contribution is -2.08. The Morgan fingerprint density at radius 3 is 2.78 bits per heavy atom. The van der Waals surface area contributed by atoms with Crippen LogP contribution in [-0.4, -0.2) is 21.0 Å². The zero-order valence-electron chi connectivity index (χ0n) is 4.28. The van der Waals surface area contributed by atoms with E-state index in [1.54, 1.807) is 0 Å². The van der Waals surface area contributed by atoms with Crippen LogP contribution in [-0.2, 0) is 0 Å². The minimum Gasteiger partial charge on any atom is -0.463 e. The zero-order chi connectivity index (χ0) is 6.85. The van der Waals surface area contributed by atoms with Gasteiger partial charge in [0.1, 0.15) is 0 Å². The van der Waals surface area contributed by atoms with Crippen molar-refractivity contribution in [3.05, 3.63) is 18.2 Å². The summed E-state index contributed by atoms with van der Waals surface area (Å²) in [6.07, 6.45) is -0.267. The van der Waals surface area contributed by atoms with E-state index in [2.05, 4.69) is 5.10 Å². The summed E-state index contributed by atoms with van der Waals surface area (Å²) in [4.78, 5) is 9.95. The van der Waals surface area contributed by atoms with Crippen LogP contribution in [0.15, 0.2) is 12.3 Å². The normalized spacial score (nSPS) is 9.44. The van der Waals surface area contributed by atoms with Gasteiger partial charge in [-0.3, -0.25) is 0 Å². The summed E-state index contributed by atoms with van der Waals surface area (Å²) in [6.45, 7) is 0. The third-order valence-corrected chi connectivity index (χ3v) is 0.753. The Labute approximate surface area is 49.5 Å². The average molecular weight is 130 g/mol. The van der Waals surface area contributed by atoms with E-state index < -0.39 is 12.0 Å². The fourth-order valence-electron chi connectivity index (χ4n) is 0.408. The van der Waals surface area contributed by atoms with E-state index in [4.69, 9.17) is 5.11 Å². The molecule has 1 rings (SSSR count). The Kier molecular flexibility index (Phi) is 1.18. The van der Waals surface area contributed by atoms with Gasteiger partial charge in [0.05, 0.1) is 0 Å². The van der Waals surface area contributed by atoms with Crippen molar-refractivity contribution in [2.24, 2.45) is 0 Å². The zero-order valence-corrected chi connectivity index (χ0v) is 4.28. The Hall–Kier alpha value is -1.39. The fraction of sp³-hybridized carbons (Fsp3) is 0. The third-order valence-electron chi connectivity index (χ3n) is 0.753. The van der Waals surface area contributed by atoms with Gasteiger partial charge in [-0.05, 0) is 0 Å². The number of aromatic nitrogens is 2. The van der Waals surface area contributed by atoms with Crippen molar-refractivity contribution >= 4 is 6.09 Å². The van der Waals surface area contributed by atoms with E-state index in [0.717, 1.165) is 12.3 Å².